The molecule has 3 heterocycles. The van der Waals surface area contributed by atoms with Crippen LogP contribution in [0.4, 0.5) is 17.2 Å². The van der Waals surface area contributed by atoms with Crippen molar-refractivity contribution in [1.29, 1.82) is 0 Å². The first kappa shape index (κ1) is 22.4. The average Bonchev–Trinajstić information content (AvgIpc) is 3.33. The van der Waals surface area contributed by atoms with Gasteiger partial charge in [-0.2, -0.15) is 0 Å². The van der Waals surface area contributed by atoms with Crippen molar-refractivity contribution in [3.63, 3.8) is 0 Å². The molecule has 37 heavy (non-hydrogen) atoms. The molecule has 0 fully saturated rings. The number of nitrogens with one attached hydrogen (secondary N) is 2. The Morgan fingerprint density at radius 2 is 1.65 bits per heavy atom. The zero-order valence-electron chi connectivity index (χ0n) is 19.7. The molecule has 0 spiro atoms. The monoisotopic (exact) mass is 486 g/mol. The number of anilines is 3. The second-order valence-electron chi connectivity index (χ2n) is 8.47. The van der Waals surface area contributed by atoms with Gasteiger partial charge in [0, 0.05) is 46.5 Å². The fourth-order valence-electron chi connectivity index (χ4n) is 4.19. The molecule has 8 heteroatoms. The van der Waals surface area contributed by atoms with Crippen molar-refractivity contribution in [3.05, 3.63) is 109 Å². The molecule has 3 aromatic carbocycles. The summed E-state index contributed by atoms with van der Waals surface area (Å²) in [5.74, 6) is 0.401. The molecule has 8 nitrogen and oxygen atoms in total. The predicted molar refractivity (Wildman–Crippen MR) is 145 cm³/mol. The lowest BCUT2D eigenvalue weighted by Gasteiger charge is -2.09. The van der Waals surface area contributed by atoms with Crippen LogP contribution >= 0.6 is 0 Å². The minimum atomic E-state index is -0.239. The lowest BCUT2D eigenvalue weighted by Crippen LogP contribution is -2.12. The fourth-order valence-corrected chi connectivity index (χ4v) is 4.19. The molecule has 6 aromatic rings. The van der Waals surface area contributed by atoms with Gasteiger partial charge in [-0.15, -0.1) is 0 Å². The van der Waals surface area contributed by atoms with Gasteiger partial charge < -0.3 is 20.8 Å². The third kappa shape index (κ3) is 4.49. The van der Waals surface area contributed by atoms with E-state index < -0.39 is 0 Å². The number of furan rings is 1. The van der Waals surface area contributed by atoms with Gasteiger partial charge in [-0.1, -0.05) is 30.3 Å². The van der Waals surface area contributed by atoms with Crippen molar-refractivity contribution >= 4 is 45.0 Å². The Balaban J connectivity index is 1.20. The molecule has 1 amide bonds. The van der Waals surface area contributed by atoms with E-state index in [4.69, 9.17) is 10.2 Å². The Morgan fingerprint density at radius 3 is 2.46 bits per heavy atom. The molecule has 3 aromatic heterocycles. The highest BCUT2D eigenvalue weighted by atomic mass is 16.3. The maximum atomic E-state index is 12.5. The zero-order valence-corrected chi connectivity index (χ0v) is 19.7. The summed E-state index contributed by atoms with van der Waals surface area (Å²) in [6.45, 7) is 0.333. The molecule has 6 rings (SSSR count). The van der Waals surface area contributed by atoms with E-state index in [2.05, 4.69) is 37.7 Å². The number of hydrogen-bond acceptors (Lipinski definition) is 7. The quantitative estimate of drug-likeness (QED) is 0.268. The van der Waals surface area contributed by atoms with Crippen LogP contribution in [0.5, 0.6) is 0 Å². The van der Waals surface area contributed by atoms with Crippen LogP contribution in [0.15, 0.2) is 102 Å². The SMILES string of the molecule is NCc1ccc(C(=O)Nc2ccc(Nc3cc(-c4cccc5c4oc4ccccc45)ncn3)cc2)cn1. The van der Waals surface area contributed by atoms with E-state index >= 15 is 0 Å². The number of carbonyl (C=O) groups is 1. The first-order valence-electron chi connectivity index (χ1n) is 11.7. The molecule has 4 N–H and O–H groups in total. The lowest BCUT2D eigenvalue weighted by atomic mass is 10.1. The molecular formula is C29H22N6O2. The highest BCUT2D eigenvalue weighted by Crippen LogP contribution is 2.35. The van der Waals surface area contributed by atoms with Gasteiger partial charge in [0.2, 0.25) is 0 Å². The fraction of sp³-hybridized carbons (Fsp3) is 0.0345. The van der Waals surface area contributed by atoms with Gasteiger partial charge in [-0.3, -0.25) is 9.78 Å². The summed E-state index contributed by atoms with van der Waals surface area (Å²) in [6, 6.07) is 26.7. The van der Waals surface area contributed by atoms with E-state index in [0.717, 1.165) is 44.6 Å². The molecule has 0 atom stereocenters. The van der Waals surface area contributed by atoms with E-state index in [0.29, 0.717) is 23.6 Å². The van der Waals surface area contributed by atoms with Crippen molar-refractivity contribution in [1.82, 2.24) is 15.0 Å². The molecule has 0 unspecified atom stereocenters. The van der Waals surface area contributed by atoms with Gasteiger partial charge >= 0.3 is 0 Å². The summed E-state index contributed by atoms with van der Waals surface area (Å²) in [7, 11) is 0. The molecule has 0 radical (unpaired) electrons. The van der Waals surface area contributed by atoms with Crippen LogP contribution < -0.4 is 16.4 Å². The van der Waals surface area contributed by atoms with Crippen LogP contribution in [0.25, 0.3) is 33.2 Å². The third-order valence-corrected chi connectivity index (χ3v) is 6.06. The molecule has 0 aliphatic heterocycles. The van der Waals surface area contributed by atoms with Crippen molar-refractivity contribution in [2.24, 2.45) is 5.73 Å². The van der Waals surface area contributed by atoms with Gasteiger partial charge in [0.1, 0.15) is 23.3 Å². The van der Waals surface area contributed by atoms with E-state index in [1.54, 1.807) is 12.1 Å². The first-order valence-corrected chi connectivity index (χ1v) is 11.7. The summed E-state index contributed by atoms with van der Waals surface area (Å²) in [5, 5.41) is 8.29. The van der Waals surface area contributed by atoms with E-state index in [-0.39, 0.29) is 5.91 Å². The minimum absolute atomic E-state index is 0.239. The Morgan fingerprint density at radius 1 is 0.838 bits per heavy atom. The number of para-hydroxylation sites is 2. The van der Waals surface area contributed by atoms with Gasteiger partial charge in [0.25, 0.3) is 5.91 Å². The Kier molecular flexibility index (Phi) is 5.76. The van der Waals surface area contributed by atoms with Crippen molar-refractivity contribution in [3.8, 4) is 11.3 Å². The minimum Gasteiger partial charge on any atom is -0.455 e. The van der Waals surface area contributed by atoms with Gasteiger partial charge in [0.05, 0.1) is 17.0 Å². The van der Waals surface area contributed by atoms with Gasteiger partial charge in [-0.25, -0.2) is 9.97 Å². The van der Waals surface area contributed by atoms with E-state index in [9.17, 15) is 4.79 Å². The second-order valence-corrected chi connectivity index (χ2v) is 8.47. The second kappa shape index (κ2) is 9.52. The van der Waals surface area contributed by atoms with Crippen LogP contribution in [0.2, 0.25) is 0 Å². The molecule has 0 saturated heterocycles. The first-order chi connectivity index (χ1) is 18.2. The third-order valence-electron chi connectivity index (χ3n) is 6.06. The Bertz CT molecular complexity index is 1730. The number of carbonyl (C=O) groups excluding carboxylic acids is 1. The molecule has 0 aliphatic rings. The van der Waals surface area contributed by atoms with Gasteiger partial charge in [-0.05, 0) is 48.5 Å². The Labute approximate surface area is 212 Å². The highest BCUT2D eigenvalue weighted by Gasteiger charge is 2.13. The smallest absolute Gasteiger partial charge is 0.257 e. The number of rotatable bonds is 6. The normalized spacial score (nSPS) is 11.1. The molecule has 0 aliphatic carbocycles. The highest BCUT2D eigenvalue weighted by molar-refractivity contribution is 6.09. The van der Waals surface area contributed by atoms with Crippen LogP contribution in [0, 0.1) is 0 Å². The number of hydrogen-bond donors (Lipinski definition) is 3. The zero-order chi connectivity index (χ0) is 25.2. The summed E-state index contributed by atoms with van der Waals surface area (Å²) in [5.41, 5.74) is 11.5. The standard InChI is InChI=1S/C29H22N6O2/c30-15-21-9-8-18(16-31-21)29(36)35-20-12-10-19(11-13-20)34-27-14-25(32-17-33-27)24-6-3-5-23-22-4-1-2-7-26(22)37-28(23)24/h1-14,16-17H,15,30H2,(H,35,36)(H,32,33,34). The number of benzene rings is 3. The number of fused-ring (bicyclic) bond motifs is 3. The van der Waals surface area contributed by atoms with Crippen molar-refractivity contribution in [2.45, 2.75) is 6.54 Å². The van der Waals surface area contributed by atoms with E-state index in [1.807, 2.05) is 60.7 Å². The topological polar surface area (TPSA) is 119 Å². The van der Waals surface area contributed by atoms with Crippen LogP contribution in [-0.2, 0) is 6.54 Å². The molecule has 180 valence electrons. The van der Waals surface area contributed by atoms with Crippen LogP contribution in [-0.4, -0.2) is 20.9 Å². The predicted octanol–water partition coefficient (Wildman–Crippen LogP) is 5.89. The van der Waals surface area contributed by atoms with Gasteiger partial charge in [0.15, 0.2) is 0 Å². The maximum absolute atomic E-state index is 12.5. The maximum Gasteiger partial charge on any atom is 0.257 e. The Hall–Kier alpha value is -5.08. The molecule has 0 bridgehead atoms. The molecule has 0 saturated carbocycles. The summed E-state index contributed by atoms with van der Waals surface area (Å²) >= 11 is 0. The van der Waals surface area contributed by atoms with Crippen molar-refractivity contribution < 1.29 is 9.21 Å². The number of amides is 1. The van der Waals surface area contributed by atoms with Crippen LogP contribution in [0.1, 0.15) is 16.1 Å². The molecular weight excluding hydrogens is 464 g/mol. The van der Waals surface area contributed by atoms with E-state index in [1.165, 1.54) is 12.5 Å². The number of aromatic nitrogens is 3. The lowest BCUT2D eigenvalue weighted by molar-refractivity contribution is 0.102. The number of pyridine rings is 1. The van der Waals surface area contributed by atoms with Crippen LogP contribution in [0.3, 0.4) is 0 Å². The number of nitrogens with zero attached hydrogens (tertiary/aromatic N) is 3. The van der Waals surface area contributed by atoms with Crippen molar-refractivity contribution in [2.75, 3.05) is 10.6 Å². The number of nitrogens with two attached hydrogens (primary N) is 1. The summed E-state index contributed by atoms with van der Waals surface area (Å²) < 4.78 is 6.16. The summed E-state index contributed by atoms with van der Waals surface area (Å²) in [6.07, 6.45) is 3.05. The average molecular weight is 487 g/mol. The largest absolute Gasteiger partial charge is 0.455 e. The summed E-state index contributed by atoms with van der Waals surface area (Å²) in [4.78, 5) is 25.5.